The monoisotopic (exact) mass is 360 g/mol. The van der Waals surface area contributed by atoms with Crippen LogP contribution in [0.1, 0.15) is 16.7 Å². The van der Waals surface area contributed by atoms with Crippen molar-refractivity contribution in [1.29, 1.82) is 0 Å². The minimum Gasteiger partial charge on any atom is -0.493 e. The fourth-order valence-electron chi connectivity index (χ4n) is 2.07. The van der Waals surface area contributed by atoms with Crippen LogP contribution in [-0.4, -0.2) is 15.5 Å². The summed E-state index contributed by atoms with van der Waals surface area (Å²) < 4.78 is 73.4. The van der Waals surface area contributed by atoms with E-state index in [2.05, 4.69) is 0 Å². The summed E-state index contributed by atoms with van der Waals surface area (Å²) in [5.41, 5.74) is -0.288. The molecule has 2 aromatic rings. The second-order valence-electron chi connectivity index (χ2n) is 5.17. The predicted octanol–water partition coefficient (Wildman–Crippen LogP) is 4.10. The average molecular weight is 360 g/mol. The summed E-state index contributed by atoms with van der Waals surface area (Å²) in [6.45, 7) is 3.03. The van der Waals surface area contributed by atoms with Crippen LogP contribution in [0.25, 0.3) is 0 Å². The molecule has 0 fully saturated rings. The first-order chi connectivity index (χ1) is 11.0. The molecule has 0 aromatic heterocycles. The fourth-order valence-corrected chi connectivity index (χ4v) is 3.04. The van der Waals surface area contributed by atoms with E-state index in [0.29, 0.717) is 6.07 Å². The highest BCUT2D eigenvalue weighted by atomic mass is 32.2. The summed E-state index contributed by atoms with van der Waals surface area (Å²) in [5.74, 6) is 0.0685. The topological polar surface area (TPSA) is 52.6 Å². The number of rotatable bonds is 4. The molecule has 0 spiro atoms. The molecule has 24 heavy (non-hydrogen) atoms. The molecule has 2 aromatic carbocycles. The Hall–Kier alpha value is -2.22. The normalized spacial score (nSPS) is 12.1. The van der Waals surface area contributed by atoms with Crippen LogP contribution in [0.2, 0.25) is 0 Å². The van der Waals surface area contributed by atoms with Crippen molar-refractivity contribution in [2.75, 3.05) is 7.11 Å². The van der Waals surface area contributed by atoms with Crippen molar-refractivity contribution >= 4 is 10.1 Å². The molecule has 0 aliphatic carbocycles. The number of halogens is 3. The Labute approximate surface area is 138 Å². The highest BCUT2D eigenvalue weighted by Crippen LogP contribution is 2.35. The van der Waals surface area contributed by atoms with Crippen molar-refractivity contribution in [1.82, 2.24) is 0 Å². The van der Waals surface area contributed by atoms with Crippen LogP contribution in [0.15, 0.2) is 41.3 Å². The van der Waals surface area contributed by atoms with Gasteiger partial charge in [0.15, 0.2) is 11.5 Å². The Morgan fingerprint density at radius 3 is 2.21 bits per heavy atom. The minimum absolute atomic E-state index is 0.0747. The molecule has 0 N–H and O–H groups in total. The number of ether oxygens (including phenoxy) is 1. The van der Waals surface area contributed by atoms with E-state index in [0.717, 1.165) is 17.7 Å². The maximum absolute atomic E-state index is 13.0. The van der Waals surface area contributed by atoms with Gasteiger partial charge in [-0.3, -0.25) is 0 Å². The summed E-state index contributed by atoms with van der Waals surface area (Å²) in [4.78, 5) is -0.581. The van der Waals surface area contributed by atoms with E-state index in [1.54, 1.807) is 19.1 Å². The van der Waals surface area contributed by atoms with Gasteiger partial charge in [-0.2, -0.15) is 21.6 Å². The van der Waals surface area contributed by atoms with Gasteiger partial charge in [0, 0.05) is 0 Å². The molecule has 0 amide bonds. The molecule has 2 rings (SSSR count). The van der Waals surface area contributed by atoms with Crippen molar-refractivity contribution in [3.8, 4) is 11.5 Å². The zero-order valence-electron chi connectivity index (χ0n) is 13.1. The zero-order valence-corrected chi connectivity index (χ0v) is 14.0. The third-order valence-corrected chi connectivity index (χ3v) is 4.55. The first kappa shape index (κ1) is 18.1. The molecule has 0 bridgehead atoms. The number of alkyl halides is 3. The van der Waals surface area contributed by atoms with Gasteiger partial charge in [0.1, 0.15) is 4.90 Å². The number of hydrogen-bond acceptors (Lipinski definition) is 4. The zero-order chi connectivity index (χ0) is 18.1. The molecule has 0 saturated heterocycles. The van der Waals surface area contributed by atoms with E-state index >= 15 is 0 Å². The van der Waals surface area contributed by atoms with Gasteiger partial charge in [-0.25, -0.2) is 0 Å². The van der Waals surface area contributed by atoms with Crippen LogP contribution in [-0.2, 0) is 16.3 Å². The summed E-state index contributed by atoms with van der Waals surface area (Å²) >= 11 is 0. The van der Waals surface area contributed by atoms with Gasteiger partial charge in [0.05, 0.1) is 12.7 Å². The van der Waals surface area contributed by atoms with Gasteiger partial charge < -0.3 is 8.92 Å². The maximum atomic E-state index is 13.0. The van der Waals surface area contributed by atoms with Gasteiger partial charge in [-0.1, -0.05) is 12.1 Å². The average Bonchev–Trinajstić information content (AvgIpc) is 2.47. The fraction of sp³-hybridized carbons (Fsp3) is 0.250. The van der Waals surface area contributed by atoms with Crippen molar-refractivity contribution in [2.45, 2.75) is 24.9 Å². The molecular weight excluding hydrogens is 345 g/mol. The Kier molecular flexibility index (Phi) is 4.80. The number of aryl methyl sites for hydroxylation is 2. The molecule has 0 aliphatic heterocycles. The van der Waals surface area contributed by atoms with Gasteiger partial charge in [-0.05, 0) is 49.2 Å². The molecule has 0 radical (unpaired) electrons. The molecule has 0 saturated carbocycles. The SMILES string of the molecule is COc1cc(C)ccc1OS(=O)(=O)c1ccc(C)c(C(F)(F)F)c1. The second-order valence-corrected chi connectivity index (χ2v) is 6.71. The Morgan fingerprint density at radius 1 is 0.958 bits per heavy atom. The number of benzene rings is 2. The van der Waals surface area contributed by atoms with E-state index < -0.39 is 26.8 Å². The van der Waals surface area contributed by atoms with Gasteiger partial charge in [0.2, 0.25) is 0 Å². The smallest absolute Gasteiger partial charge is 0.416 e. The highest BCUT2D eigenvalue weighted by Gasteiger charge is 2.34. The van der Waals surface area contributed by atoms with E-state index in [-0.39, 0.29) is 17.1 Å². The molecule has 130 valence electrons. The Bertz CT molecular complexity index is 858. The molecule has 8 heteroatoms. The van der Waals surface area contributed by atoms with Crippen LogP contribution in [0, 0.1) is 13.8 Å². The van der Waals surface area contributed by atoms with E-state index in [9.17, 15) is 21.6 Å². The Morgan fingerprint density at radius 2 is 1.62 bits per heavy atom. The molecule has 0 heterocycles. The van der Waals surface area contributed by atoms with Gasteiger partial charge >= 0.3 is 16.3 Å². The van der Waals surface area contributed by atoms with Crippen LogP contribution in [0.4, 0.5) is 13.2 Å². The highest BCUT2D eigenvalue weighted by molar-refractivity contribution is 7.87. The minimum atomic E-state index is -4.66. The Balaban J connectivity index is 2.45. The van der Waals surface area contributed by atoms with Crippen molar-refractivity contribution in [3.05, 3.63) is 53.1 Å². The van der Waals surface area contributed by atoms with Crippen LogP contribution >= 0.6 is 0 Å². The van der Waals surface area contributed by atoms with Crippen LogP contribution in [0.5, 0.6) is 11.5 Å². The second kappa shape index (κ2) is 6.35. The van der Waals surface area contributed by atoms with E-state index in [4.69, 9.17) is 8.92 Å². The summed E-state index contributed by atoms with van der Waals surface area (Å²) in [6, 6.07) is 7.26. The largest absolute Gasteiger partial charge is 0.493 e. The molecule has 0 aliphatic rings. The van der Waals surface area contributed by atoms with E-state index in [1.807, 2.05) is 0 Å². The summed E-state index contributed by atoms with van der Waals surface area (Å²) in [5, 5.41) is 0. The molecule has 4 nitrogen and oxygen atoms in total. The first-order valence-corrected chi connectivity index (χ1v) is 8.22. The molecule has 0 unspecified atom stereocenters. The van der Waals surface area contributed by atoms with E-state index in [1.165, 1.54) is 20.1 Å². The van der Waals surface area contributed by atoms with Crippen molar-refractivity contribution in [2.24, 2.45) is 0 Å². The van der Waals surface area contributed by atoms with Crippen molar-refractivity contribution in [3.63, 3.8) is 0 Å². The lowest BCUT2D eigenvalue weighted by Gasteiger charge is -2.14. The third kappa shape index (κ3) is 3.81. The van der Waals surface area contributed by atoms with Gasteiger partial charge in [-0.15, -0.1) is 0 Å². The first-order valence-electron chi connectivity index (χ1n) is 6.81. The number of methoxy groups -OCH3 is 1. The lowest BCUT2D eigenvalue weighted by Crippen LogP contribution is -2.14. The quantitative estimate of drug-likeness (QED) is 0.771. The van der Waals surface area contributed by atoms with Crippen molar-refractivity contribution < 1.29 is 30.5 Å². The predicted molar refractivity (Wildman–Crippen MR) is 81.7 cm³/mol. The third-order valence-electron chi connectivity index (χ3n) is 3.32. The summed E-state index contributed by atoms with van der Waals surface area (Å²) in [6.07, 6.45) is -4.66. The molecule has 0 atom stereocenters. The summed E-state index contributed by atoms with van der Waals surface area (Å²) in [7, 11) is -3.10. The molecular formula is C16H15F3O4S. The van der Waals surface area contributed by atoms with Crippen LogP contribution < -0.4 is 8.92 Å². The van der Waals surface area contributed by atoms with Gasteiger partial charge in [0.25, 0.3) is 0 Å². The lowest BCUT2D eigenvalue weighted by molar-refractivity contribution is -0.138. The van der Waals surface area contributed by atoms with Crippen LogP contribution in [0.3, 0.4) is 0 Å². The standard InChI is InChI=1S/C16H15F3O4S/c1-10-4-7-14(15(8-10)22-3)23-24(20,21)12-6-5-11(2)13(9-12)16(17,18)19/h4-9H,1-3H3. The maximum Gasteiger partial charge on any atom is 0.416 e. The number of hydrogen-bond donors (Lipinski definition) is 0. The lowest BCUT2D eigenvalue weighted by atomic mass is 10.1.